The van der Waals surface area contributed by atoms with E-state index in [0.29, 0.717) is 63.7 Å². The van der Waals surface area contributed by atoms with Gasteiger partial charge in [-0.05, 0) is 30.3 Å². The van der Waals surface area contributed by atoms with Crippen LogP contribution in [0.3, 0.4) is 0 Å². The van der Waals surface area contributed by atoms with Crippen molar-refractivity contribution < 1.29 is 23.1 Å². The highest BCUT2D eigenvalue weighted by Crippen LogP contribution is 2.35. The first-order valence-corrected chi connectivity index (χ1v) is 10.7. The molecule has 0 spiro atoms. The molecule has 11 heteroatoms. The summed E-state index contributed by atoms with van der Waals surface area (Å²) in [7, 11) is 1.57. The summed E-state index contributed by atoms with van der Waals surface area (Å²) in [5, 5.41) is 4.87. The summed E-state index contributed by atoms with van der Waals surface area (Å²) in [5.41, 5.74) is 0.946. The summed E-state index contributed by atoms with van der Waals surface area (Å²) in [6.45, 7) is 0.791. The van der Waals surface area contributed by atoms with Gasteiger partial charge in [-0.2, -0.15) is 4.98 Å². The molecular weight excluding hydrogens is 439 g/mol. The van der Waals surface area contributed by atoms with Gasteiger partial charge in [0.25, 0.3) is 5.56 Å². The first-order chi connectivity index (χ1) is 15.6. The van der Waals surface area contributed by atoms with E-state index in [9.17, 15) is 9.18 Å². The van der Waals surface area contributed by atoms with Crippen LogP contribution in [0.4, 0.5) is 4.39 Å². The molecule has 2 aromatic heterocycles. The van der Waals surface area contributed by atoms with Crippen LogP contribution >= 0.6 is 11.8 Å². The second kappa shape index (κ2) is 8.60. The number of benzene rings is 2. The van der Waals surface area contributed by atoms with Crippen LogP contribution < -0.4 is 15.0 Å². The third kappa shape index (κ3) is 3.92. The highest BCUT2D eigenvalue weighted by Gasteiger charge is 2.20. The van der Waals surface area contributed by atoms with Gasteiger partial charge in [-0.15, -0.1) is 0 Å². The van der Waals surface area contributed by atoms with Crippen molar-refractivity contribution in [2.45, 2.75) is 17.5 Å². The van der Waals surface area contributed by atoms with Gasteiger partial charge in [0.1, 0.15) is 5.82 Å². The minimum atomic E-state index is -0.341. The number of rotatable bonds is 7. The zero-order valence-corrected chi connectivity index (χ0v) is 17.7. The molecule has 0 amide bonds. The molecule has 3 heterocycles. The van der Waals surface area contributed by atoms with Crippen LogP contribution in [0.2, 0.25) is 0 Å². The number of nitrogens with zero attached hydrogens (tertiary/aromatic N) is 4. The lowest BCUT2D eigenvalue weighted by atomic mass is 10.2. The molecule has 0 unspecified atom stereocenters. The van der Waals surface area contributed by atoms with Gasteiger partial charge in [-0.25, -0.2) is 9.37 Å². The average Bonchev–Trinajstić information content (AvgIpc) is 3.46. The van der Waals surface area contributed by atoms with Crippen molar-refractivity contribution in [3.05, 3.63) is 58.5 Å². The van der Waals surface area contributed by atoms with Crippen molar-refractivity contribution in [2.24, 2.45) is 0 Å². The number of halogens is 1. The Balaban J connectivity index is 1.44. The Morgan fingerprint density at radius 2 is 1.94 bits per heavy atom. The van der Waals surface area contributed by atoms with E-state index in [0.717, 1.165) is 0 Å². The van der Waals surface area contributed by atoms with Gasteiger partial charge < -0.3 is 18.7 Å². The van der Waals surface area contributed by atoms with Crippen molar-refractivity contribution in [1.82, 2.24) is 19.7 Å². The SMILES string of the molecule is COCCn1c(SCc2nc(-c3ccc(F)cc3)no2)nc2cc3c(cc2c1=O)OCO3. The van der Waals surface area contributed by atoms with Gasteiger partial charge in [-0.3, -0.25) is 9.36 Å². The Morgan fingerprint density at radius 1 is 1.16 bits per heavy atom. The molecule has 0 saturated carbocycles. The smallest absolute Gasteiger partial charge is 0.262 e. The van der Waals surface area contributed by atoms with Crippen LogP contribution in [0.15, 0.2) is 50.9 Å². The van der Waals surface area contributed by atoms with Crippen LogP contribution in [0.25, 0.3) is 22.3 Å². The number of hydrogen-bond donors (Lipinski definition) is 0. The molecule has 2 aromatic carbocycles. The summed E-state index contributed by atoms with van der Waals surface area (Å²) in [5.74, 6) is 1.74. The Bertz CT molecular complexity index is 1340. The predicted molar refractivity (Wildman–Crippen MR) is 113 cm³/mol. The zero-order valence-electron chi connectivity index (χ0n) is 16.9. The van der Waals surface area contributed by atoms with Gasteiger partial charge in [-0.1, -0.05) is 16.9 Å². The normalized spacial score (nSPS) is 12.6. The summed E-state index contributed by atoms with van der Waals surface area (Å²) < 4.78 is 36.0. The zero-order chi connectivity index (χ0) is 22.1. The quantitative estimate of drug-likeness (QED) is 0.306. The molecule has 0 bridgehead atoms. The third-order valence-electron chi connectivity index (χ3n) is 4.83. The minimum Gasteiger partial charge on any atom is -0.454 e. The highest BCUT2D eigenvalue weighted by molar-refractivity contribution is 7.98. The lowest BCUT2D eigenvalue weighted by Crippen LogP contribution is -2.25. The van der Waals surface area contributed by atoms with Crippen LogP contribution in [-0.4, -0.2) is 40.2 Å². The Kier molecular flexibility index (Phi) is 5.50. The molecule has 1 aliphatic heterocycles. The van der Waals surface area contributed by atoms with E-state index >= 15 is 0 Å². The summed E-state index contributed by atoms with van der Waals surface area (Å²) >= 11 is 1.29. The molecule has 1 aliphatic rings. The van der Waals surface area contributed by atoms with Crippen molar-refractivity contribution in [2.75, 3.05) is 20.5 Å². The molecule has 9 nitrogen and oxygen atoms in total. The van der Waals surface area contributed by atoms with E-state index in [2.05, 4.69) is 15.1 Å². The van der Waals surface area contributed by atoms with Gasteiger partial charge in [0.15, 0.2) is 16.7 Å². The van der Waals surface area contributed by atoms with E-state index in [-0.39, 0.29) is 18.2 Å². The number of hydrogen-bond acceptors (Lipinski definition) is 9. The summed E-state index contributed by atoms with van der Waals surface area (Å²) in [4.78, 5) is 22.2. The molecule has 0 fully saturated rings. The van der Waals surface area contributed by atoms with Crippen LogP contribution in [0.5, 0.6) is 11.5 Å². The Labute approximate surface area is 185 Å². The van der Waals surface area contributed by atoms with E-state index in [1.807, 2.05) is 0 Å². The van der Waals surface area contributed by atoms with Crippen molar-refractivity contribution in [1.29, 1.82) is 0 Å². The molecule has 0 aliphatic carbocycles. The molecule has 32 heavy (non-hydrogen) atoms. The standard InChI is InChI=1S/C21H17FN4O5S/c1-28-7-6-26-20(27)14-8-16-17(30-11-29-16)9-15(14)23-21(26)32-10-18-24-19(25-31-18)12-2-4-13(22)5-3-12/h2-5,8-9H,6-7,10-11H2,1H3. The largest absolute Gasteiger partial charge is 0.454 e. The van der Waals surface area contributed by atoms with E-state index in [1.54, 1.807) is 35.9 Å². The van der Waals surface area contributed by atoms with E-state index < -0.39 is 0 Å². The summed E-state index contributed by atoms with van der Waals surface area (Å²) in [6, 6.07) is 9.17. The van der Waals surface area contributed by atoms with Gasteiger partial charge in [0.2, 0.25) is 18.5 Å². The monoisotopic (exact) mass is 456 g/mol. The first kappa shape index (κ1) is 20.5. The van der Waals surface area contributed by atoms with Crippen LogP contribution in [0.1, 0.15) is 5.89 Å². The second-order valence-corrected chi connectivity index (χ2v) is 7.82. The maximum absolute atomic E-state index is 13.2. The molecule has 5 rings (SSSR count). The first-order valence-electron chi connectivity index (χ1n) is 9.67. The van der Waals surface area contributed by atoms with Crippen molar-refractivity contribution in [3.63, 3.8) is 0 Å². The maximum Gasteiger partial charge on any atom is 0.262 e. The number of fused-ring (bicyclic) bond motifs is 2. The van der Waals surface area contributed by atoms with Crippen LogP contribution in [0, 0.1) is 5.82 Å². The molecule has 0 atom stereocenters. The third-order valence-corrected chi connectivity index (χ3v) is 5.79. The second-order valence-electron chi connectivity index (χ2n) is 6.87. The Hall–Kier alpha value is -3.44. The Morgan fingerprint density at radius 3 is 2.72 bits per heavy atom. The number of ether oxygens (including phenoxy) is 3. The van der Waals surface area contributed by atoms with Gasteiger partial charge in [0.05, 0.1) is 29.8 Å². The van der Waals surface area contributed by atoms with E-state index in [1.165, 1.54) is 23.9 Å². The molecule has 0 N–H and O–H groups in total. The molecule has 0 radical (unpaired) electrons. The highest BCUT2D eigenvalue weighted by atomic mass is 32.2. The number of thioether (sulfide) groups is 1. The fraction of sp³-hybridized carbons (Fsp3) is 0.238. The fourth-order valence-corrected chi connectivity index (χ4v) is 4.10. The number of aromatic nitrogens is 4. The minimum absolute atomic E-state index is 0.110. The van der Waals surface area contributed by atoms with Gasteiger partial charge in [0, 0.05) is 18.7 Å². The van der Waals surface area contributed by atoms with E-state index in [4.69, 9.17) is 18.7 Å². The summed E-state index contributed by atoms with van der Waals surface area (Å²) in [6.07, 6.45) is 0. The van der Waals surface area contributed by atoms with Crippen molar-refractivity contribution in [3.8, 4) is 22.9 Å². The molecule has 4 aromatic rings. The number of methoxy groups -OCH3 is 1. The molecule has 164 valence electrons. The molecule has 0 saturated heterocycles. The fourth-order valence-electron chi connectivity index (χ4n) is 3.24. The lowest BCUT2D eigenvalue weighted by Gasteiger charge is -2.12. The predicted octanol–water partition coefficient (Wildman–Crippen LogP) is 3.25. The average molecular weight is 456 g/mol. The molecular formula is C21H17FN4O5S. The topological polar surface area (TPSA) is 102 Å². The maximum atomic E-state index is 13.2. The lowest BCUT2D eigenvalue weighted by molar-refractivity contribution is 0.174. The van der Waals surface area contributed by atoms with Gasteiger partial charge >= 0.3 is 0 Å². The van der Waals surface area contributed by atoms with Crippen LogP contribution in [-0.2, 0) is 17.0 Å². The van der Waals surface area contributed by atoms with Crippen molar-refractivity contribution >= 4 is 22.7 Å².